The summed E-state index contributed by atoms with van der Waals surface area (Å²) in [6.45, 7) is 2.41. The summed E-state index contributed by atoms with van der Waals surface area (Å²) in [5.41, 5.74) is 2.10. The molecule has 2 aromatic heterocycles. The number of benzene rings is 1. The minimum Gasteiger partial charge on any atom is -0.365 e. The molecular formula is C16H14ClN5O. The smallest absolute Gasteiger partial charge is 0.272 e. The highest BCUT2D eigenvalue weighted by molar-refractivity contribution is 6.30. The van der Waals surface area contributed by atoms with E-state index in [1.54, 1.807) is 12.1 Å². The van der Waals surface area contributed by atoms with E-state index in [1.807, 2.05) is 19.1 Å². The normalized spacial score (nSPS) is 10.7. The number of aryl methyl sites for hydroxylation is 1. The van der Waals surface area contributed by atoms with Gasteiger partial charge in [-0.3, -0.25) is 9.89 Å². The van der Waals surface area contributed by atoms with Gasteiger partial charge in [-0.2, -0.15) is 9.78 Å². The predicted molar refractivity (Wildman–Crippen MR) is 88.7 cm³/mol. The lowest BCUT2D eigenvalue weighted by molar-refractivity contribution is 0.874. The van der Waals surface area contributed by atoms with Crippen molar-refractivity contribution in [1.29, 1.82) is 5.26 Å². The highest BCUT2D eigenvalue weighted by atomic mass is 35.5. The fourth-order valence-corrected chi connectivity index (χ4v) is 2.42. The molecule has 0 aliphatic rings. The molecule has 0 bridgehead atoms. The number of rotatable bonds is 4. The first-order chi connectivity index (χ1) is 11.1. The van der Waals surface area contributed by atoms with Crippen LogP contribution in [-0.4, -0.2) is 14.6 Å². The van der Waals surface area contributed by atoms with E-state index in [4.69, 9.17) is 11.6 Å². The first kappa shape index (κ1) is 15.1. The van der Waals surface area contributed by atoms with Gasteiger partial charge in [-0.1, -0.05) is 30.7 Å². The molecule has 0 aliphatic heterocycles. The molecule has 3 rings (SSSR count). The maximum absolute atomic E-state index is 12.1. The summed E-state index contributed by atoms with van der Waals surface area (Å²) < 4.78 is 1.28. The highest BCUT2D eigenvalue weighted by Gasteiger charge is 2.14. The van der Waals surface area contributed by atoms with Gasteiger partial charge in [-0.15, -0.1) is 0 Å². The molecule has 0 amide bonds. The zero-order chi connectivity index (χ0) is 16.4. The van der Waals surface area contributed by atoms with Gasteiger partial charge >= 0.3 is 0 Å². The van der Waals surface area contributed by atoms with Crippen LogP contribution in [0.25, 0.3) is 5.65 Å². The van der Waals surface area contributed by atoms with E-state index in [1.165, 1.54) is 10.6 Å². The molecule has 0 spiro atoms. The van der Waals surface area contributed by atoms with E-state index < -0.39 is 0 Å². The average molecular weight is 328 g/mol. The molecule has 23 heavy (non-hydrogen) atoms. The number of aromatic nitrogens is 3. The second-order valence-corrected chi connectivity index (χ2v) is 5.49. The van der Waals surface area contributed by atoms with Crippen LogP contribution in [0.4, 0.5) is 5.82 Å². The topological polar surface area (TPSA) is 86.0 Å². The maximum Gasteiger partial charge on any atom is 0.272 e. The zero-order valence-corrected chi connectivity index (χ0v) is 13.2. The number of H-pyrrole nitrogens is 1. The summed E-state index contributed by atoms with van der Waals surface area (Å²) in [5, 5.41) is 16.1. The van der Waals surface area contributed by atoms with Gasteiger partial charge in [0.2, 0.25) is 0 Å². The molecule has 0 radical (unpaired) electrons. The predicted octanol–water partition coefficient (Wildman–Crippen LogP) is 2.72. The standard InChI is InChI=1S/C16H14ClN5O/c1-2-12-7-14(23)22-16(20-12)13(8-18)15(21-22)19-9-10-3-5-11(17)6-4-10/h3-7,19,21H,2,9H2,1H3. The number of hydrogen-bond donors (Lipinski definition) is 2. The quantitative estimate of drug-likeness (QED) is 0.771. The van der Waals surface area contributed by atoms with Gasteiger partial charge in [-0.05, 0) is 24.1 Å². The van der Waals surface area contributed by atoms with Crippen LogP contribution in [0.3, 0.4) is 0 Å². The van der Waals surface area contributed by atoms with Crippen molar-refractivity contribution in [3.8, 4) is 6.07 Å². The lowest BCUT2D eigenvalue weighted by Gasteiger charge is -2.04. The summed E-state index contributed by atoms with van der Waals surface area (Å²) >= 11 is 5.86. The van der Waals surface area contributed by atoms with Crippen molar-refractivity contribution in [3.05, 3.63) is 62.5 Å². The number of halogens is 1. The van der Waals surface area contributed by atoms with Gasteiger partial charge in [-0.25, -0.2) is 4.98 Å². The molecule has 2 heterocycles. The molecule has 6 nitrogen and oxygen atoms in total. The molecule has 3 aromatic rings. The highest BCUT2D eigenvalue weighted by Crippen LogP contribution is 2.18. The number of aromatic amines is 1. The molecule has 0 unspecified atom stereocenters. The van der Waals surface area contributed by atoms with Crippen molar-refractivity contribution < 1.29 is 0 Å². The fraction of sp³-hybridized carbons (Fsp3) is 0.188. The molecule has 0 fully saturated rings. The summed E-state index contributed by atoms with van der Waals surface area (Å²) in [4.78, 5) is 16.5. The second-order valence-electron chi connectivity index (χ2n) is 5.05. The van der Waals surface area contributed by atoms with Crippen LogP contribution < -0.4 is 10.9 Å². The fourth-order valence-electron chi connectivity index (χ4n) is 2.29. The van der Waals surface area contributed by atoms with E-state index >= 15 is 0 Å². The number of hydrogen-bond acceptors (Lipinski definition) is 4. The Bertz CT molecular complexity index is 949. The number of nitrogens with one attached hydrogen (secondary N) is 2. The van der Waals surface area contributed by atoms with Crippen molar-refractivity contribution >= 4 is 23.1 Å². The van der Waals surface area contributed by atoms with Crippen LogP contribution in [0.1, 0.15) is 23.7 Å². The van der Waals surface area contributed by atoms with E-state index in [0.717, 1.165) is 5.56 Å². The number of fused-ring (bicyclic) bond motifs is 1. The van der Waals surface area contributed by atoms with Crippen molar-refractivity contribution in [2.24, 2.45) is 0 Å². The lowest BCUT2D eigenvalue weighted by Crippen LogP contribution is -2.15. The largest absolute Gasteiger partial charge is 0.365 e. The van der Waals surface area contributed by atoms with Gasteiger partial charge in [0, 0.05) is 23.3 Å². The number of nitrogens with zero attached hydrogens (tertiary/aromatic N) is 3. The maximum atomic E-state index is 12.1. The van der Waals surface area contributed by atoms with Crippen LogP contribution in [0.5, 0.6) is 0 Å². The van der Waals surface area contributed by atoms with E-state index in [2.05, 4.69) is 21.5 Å². The Balaban J connectivity index is 1.97. The zero-order valence-electron chi connectivity index (χ0n) is 12.4. The van der Waals surface area contributed by atoms with Crippen LogP contribution in [0.2, 0.25) is 5.02 Å². The molecular weight excluding hydrogens is 314 g/mol. The summed E-state index contributed by atoms with van der Waals surface area (Å²) in [6, 6.07) is 11.0. The van der Waals surface area contributed by atoms with Crippen molar-refractivity contribution in [1.82, 2.24) is 14.6 Å². The van der Waals surface area contributed by atoms with Crippen LogP contribution in [-0.2, 0) is 13.0 Å². The Morgan fingerprint density at radius 3 is 2.78 bits per heavy atom. The second kappa shape index (κ2) is 6.15. The van der Waals surface area contributed by atoms with Crippen molar-refractivity contribution in [2.45, 2.75) is 19.9 Å². The molecule has 0 aliphatic carbocycles. The first-order valence-electron chi connectivity index (χ1n) is 7.15. The molecule has 7 heteroatoms. The van der Waals surface area contributed by atoms with Crippen LogP contribution >= 0.6 is 11.6 Å². The SMILES string of the molecule is CCc1cc(=O)n2[nH]c(NCc3ccc(Cl)cc3)c(C#N)c2n1. The van der Waals surface area contributed by atoms with Gasteiger partial charge in [0.1, 0.15) is 17.5 Å². The van der Waals surface area contributed by atoms with Gasteiger partial charge < -0.3 is 5.32 Å². The molecule has 116 valence electrons. The Kier molecular flexibility index (Phi) is 4.04. The Labute approximate surface area is 137 Å². The Morgan fingerprint density at radius 2 is 2.13 bits per heavy atom. The lowest BCUT2D eigenvalue weighted by atomic mass is 10.2. The molecule has 0 atom stereocenters. The van der Waals surface area contributed by atoms with Gasteiger partial charge in [0.05, 0.1) is 0 Å². The van der Waals surface area contributed by atoms with E-state index in [0.29, 0.717) is 40.7 Å². The van der Waals surface area contributed by atoms with E-state index in [-0.39, 0.29) is 5.56 Å². The minimum absolute atomic E-state index is 0.233. The van der Waals surface area contributed by atoms with E-state index in [9.17, 15) is 10.1 Å². The minimum atomic E-state index is -0.233. The molecule has 1 aromatic carbocycles. The van der Waals surface area contributed by atoms with Crippen molar-refractivity contribution in [3.63, 3.8) is 0 Å². The van der Waals surface area contributed by atoms with Gasteiger partial charge in [0.15, 0.2) is 5.65 Å². The first-order valence-corrected chi connectivity index (χ1v) is 7.53. The Morgan fingerprint density at radius 1 is 1.39 bits per heavy atom. The number of anilines is 1. The van der Waals surface area contributed by atoms with Gasteiger partial charge in [0.25, 0.3) is 5.56 Å². The third-order valence-corrected chi connectivity index (χ3v) is 3.78. The van der Waals surface area contributed by atoms with Crippen molar-refractivity contribution in [2.75, 3.05) is 5.32 Å². The van der Waals surface area contributed by atoms with Crippen LogP contribution in [0.15, 0.2) is 35.1 Å². The monoisotopic (exact) mass is 327 g/mol. The Hall–Kier alpha value is -2.78. The summed E-state index contributed by atoms with van der Waals surface area (Å²) in [7, 11) is 0. The molecule has 2 N–H and O–H groups in total. The molecule has 0 saturated heterocycles. The molecule has 0 saturated carbocycles. The third-order valence-electron chi connectivity index (χ3n) is 3.53. The average Bonchev–Trinajstić information content (AvgIpc) is 2.92. The summed E-state index contributed by atoms with van der Waals surface area (Å²) in [5.74, 6) is 0.473. The van der Waals surface area contributed by atoms with Crippen LogP contribution in [0, 0.1) is 11.3 Å². The third kappa shape index (κ3) is 2.91. The number of nitriles is 1. The summed E-state index contributed by atoms with van der Waals surface area (Å²) in [6.07, 6.45) is 0.634.